The largest absolute Gasteiger partial charge is 0.481 e. The molecule has 0 bridgehead atoms. The van der Waals surface area contributed by atoms with Crippen LogP contribution in [0, 0.1) is 0 Å². The van der Waals surface area contributed by atoms with Gasteiger partial charge in [0.15, 0.2) is 0 Å². The number of ether oxygens (including phenoxy) is 1. The van der Waals surface area contributed by atoms with Crippen LogP contribution in [0.4, 0.5) is 14.6 Å². The van der Waals surface area contributed by atoms with Crippen LogP contribution in [-0.4, -0.2) is 42.9 Å². The molecule has 1 aliphatic rings. The molecule has 2 rings (SSSR count). The molecule has 1 fully saturated rings. The highest BCUT2D eigenvalue weighted by atomic mass is 31.3. The van der Waals surface area contributed by atoms with Crippen molar-refractivity contribution in [1.82, 2.24) is 9.55 Å². The number of nitrogen functional groups attached to an aromatic ring is 1. The molecule has 1 aromatic rings. The molecule has 0 amide bonds. The molecule has 0 aromatic carbocycles. The van der Waals surface area contributed by atoms with Crippen molar-refractivity contribution in [3.8, 4) is 0 Å². The molecule has 1 aliphatic heterocycles. The van der Waals surface area contributed by atoms with Gasteiger partial charge in [-0.15, -0.1) is 0 Å². The molecule has 0 spiro atoms. The van der Waals surface area contributed by atoms with Crippen LogP contribution in [0.3, 0.4) is 0 Å². The van der Waals surface area contributed by atoms with E-state index in [1.807, 2.05) is 0 Å². The molecular formula is C9H13F2N3O9P2. The Hall–Kier alpha value is -1.24. The Morgan fingerprint density at radius 3 is 2.64 bits per heavy atom. The zero-order valence-electron chi connectivity index (χ0n) is 12.1. The van der Waals surface area contributed by atoms with Gasteiger partial charge in [0.25, 0.3) is 5.92 Å². The fraction of sp³-hybridized carbons (Fsp3) is 0.556. The van der Waals surface area contributed by atoms with Crippen LogP contribution in [0.2, 0.25) is 0 Å². The number of phosphoric acid groups is 2. The van der Waals surface area contributed by atoms with E-state index in [9.17, 15) is 22.7 Å². The van der Waals surface area contributed by atoms with Crippen molar-refractivity contribution in [3.05, 3.63) is 22.7 Å². The summed E-state index contributed by atoms with van der Waals surface area (Å²) in [6.07, 6.45) is -3.59. The molecule has 2 heterocycles. The number of phosphoric ester groups is 1. The molecule has 12 nitrogen and oxygen atoms in total. The second-order valence-corrected chi connectivity index (χ2v) is 7.78. The summed E-state index contributed by atoms with van der Waals surface area (Å²) in [5.41, 5.74) is 4.16. The van der Waals surface area contributed by atoms with Crippen LogP contribution in [-0.2, 0) is 22.7 Å². The molecule has 0 aliphatic carbocycles. The van der Waals surface area contributed by atoms with E-state index >= 15 is 0 Å². The van der Waals surface area contributed by atoms with Crippen molar-refractivity contribution < 1.29 is 46.2 Å². The normalized spacial score (nSPS) is 25.6. The number of nitrogens with two attached hydrogens (primary N) is 1. The van der Waals surface area contributed by atoms with E-state index in [1.54, 1.807) is 0 Å². The predicted octanol–water partition coefficient (Wildman–Crippen LogP) is -0.0254. The van der Waals surface area contributed by atoms with Gasteiger partial charge in [0.1, 0.15) is 5.82 Å². The van der Waals surface area contributed by atoms with Crippen molar-refractivity contribution in [1.29, 1.82) is 0 Å². The molecule has 1 aromatic heterocycles. The summed E-state index contributed by atoms with van der Waals surface area (Å²) >= 11 is 0. The fourth-order valence-corrected chi connectivity index (χ4v) is 3.66. The van der Waals surface area contributed by atoms with Gasteiger partial charge < -0.3 is 25.2 Å². The minimum atomic E-state index is -5.34. The maximum Gasteiger partial charge on any atom is 0.481 e. The Labute approximate surface area is 138 Å². The van der Waals surface area contributed by atoms with Crippen LogP contribution in [0.15, 0.2) is 17.1 Å². The van der Waals surface area contributed by atoms with Gasteiger partial charge >= 0.3 is 21.3 Å². The zero-order valence-corrected chi connectivity index (χ0v) is 13.9. The molecule has 25 heavy (non-hydrogen) atoms. The molecule has 1 unspecified atom stereocenters. The van der Waals surface area contributed by atoms with Crippen molar-refractivity contribution in [2.75, 3.05) is 12.3 Å². The number of nitrogens with zero attached hydrogens (tertiary/aromatic N) is 2. The summed E-state index contributed by atoms with van der Waals surface area (Å²) in [4.78, 5) is 40.9. The van der Waals surface area contributed by atoms with Gasteiger partial charge in [-0.3, -0.25) is 9.09 Å². The number of rotatable bonds is 6. The lowest BCUT2D eigenvalue weighted by Crippen LogP contribution is -2.35. The maximum atomic E-state index is 14.0. The second kappa shape index (κ2) is 6.82. The van der Waals surface area contributed by atoms with Crippen LogP contribution in [0.1, 0.15) is 12.6 Å². The van der Waals surface area contributed by atoms with Gasteiger partial charge in [0.2, 0.25) is 6.23 Å². The summed E-state index contributed by atoms with van der Waals surface area (Å²) in [5, 5.41) is 0. The quantitative estimate of drug-likeness (QED) is 0.465. The Bertz CT molecular complexity index is 797. The number of anilines is 1. The topological polar surface area (TPSA) is 183 Å². The van der Waals surface area contributed by atoms with E-state index in [0.717, 1.165) is 12.3 Å². The Morgan fingerprint density at radius 1 is 1.44 bits per heavy atom. The molecule has 5 N–H and O–H groups in total. The van der Waals surface area contributed by atoms with E-state index in [4.69, 9.17) is 25.2 Å². The molecule has 0 saturated carbocycles. The SMILES string of the molecule is Nc1ccn([C@@H]2O[C@H](COP(=O)(O)OP(=O)(O)O)CC2(F)F)c(=O)n1. The average molecular weight is 407 g/mol. The van der Waals surface area contributed by atoms with Crippen LogP contribution < -0.4 is 11.4 Å². The predicted molar refractivity (Wildman–Crippen MR) is 75.3 cm³/mol. The number of hydrogen-bond donors (Lipinski definition) is 4. The van der Waals surface area contributed by atoms with E-state index < -0.39 is 52.6 Å². The maximum absolute atomic E-state index is 14.0. The number of aromatic nitrogens is 2. The monoisotopic (exact) mass is 407 g/mol. The van der Waals surface area contributed by atoms with Gasteiger partial charge in [0.05, 0.1) is 12.7 Å². The summed E-state index contributed by atoms with van der Waals surface area (Å²) in [5.74, 6) is -3.74. The molecule has 142 valence electrons. The molecule has 16 heteroatoms. The van der Waals surface area contributed by atoms with Crippen LogP contribution >= 0.6 is 15.6 Å². The number of halogens is 2. The van der Waals surface area contributed by atoms with Gasteiger partial charge in [-0.2, -0.15) is 9.29 Å². The van der Waals surface area contributed by atoms with Crippen molar-refractivity contribution in [2.45, 2.75) is 24.7 Å². The molecule has 1 saturated heterocycles. The summed E-state index contributed by atoms with van der Waals surface area (Å²) in [7, 11) is -10.5. The van der Waals surface area contributed by atoms with Crippen LogP contribution in [0.5, 0.6) is 0 Å². The van der Waals surface area contributed by atoms with E-state index in [0.29, 0.717) is 4.57 Å². The highest BCUT2D eigenvalue weighted by molar-refractivity contribution is 7.60. The third-order valence-corrected chi connectivity index (χ3v) is 5.07. The molecular weight excluding hydrogens is 394 g/mol. The average Bonchev–Trinajstić information content (AvgIpc) is 2.69. The lowest BCUT2D eigenvalue weighted by atomic mass is 10.2. The molecule has 3 atom stereocenters. The first-order valence-electron chi connectivity index (χ1n) is 6.41. The van der Waals surface area contributed by atoms with Gasteiger partial charge in [-0.1, -0.05) is 0 Å². The third-order valence-electron chi connectivity index (χ3n) is 2.92. The Kier molecular flexibility index (Phi) is 5.47. The molecule has 0 radical (unpaired) electrons. The summed E-state index contributed by atoms with van der Waals surface area (Å²) < 4.78 is 63.0. The Morgan fingerprint density at radius 2 is 2.08 bits per heavy atom. The van der Waals surface area contributed by atoms with Crippen molar-refractivity contribution in [2.24, 2.45) is 0 Å². The summed E-state index contributed by atoms with van der Waals surface area (Å²) in [6, 6.07) is 1.10. The first-order chi connectivity index (χ1) is 11.3. The number of hydrogen-bond acceptors (Lipinski definition) is 8. The van der Waals surface area contributed by atoms with Crippen LogP contribution in [0.25, 0.3) is 0 Å². The lowest BCUT2D eigenvalue weighted by Gasteiger charge is -2.19. The first-order valence-corrected chi connectivity index (χ1v) is 9.44. The van der Waals surface area contributed by atoms with E-state index in [-0.39, 0.29) is 5.82 Å². The minimum Gasteiger partial charge on any atom is -0.383 e. The summed E-state index contributed by atoms with van der Waals surface area (Å²) in [6.45, 7) is -0.947. The minimum absolute atomic E-state index is 0.182. The lowest BCUT2D eigenvalue weighted by molar-refractivity contribution is -0.119. The highest BCUT2D eigenvalue weighted by Crippen LogP contribution is 2.58. The fourth-order valence-electron chi connectivity index (χ4n) is 2.04. The second-order valence-electron chi connectivity index (χ2n) is 4.95. The highest BCUT2D eigenvalue weighted by Gasteiger charge is 2.52. The van der Waals surface area contributed by atoms with Gasteiger partial charge in [-0.05, 0) is 6.07 Å². The third kappa shape index (κ3) is 5.36. The zero-order chi connectivity index (χ0) is 19.0. The van der Waals surface area contributed by atoms with Crippen molar-refractivity contribution in [3.63, 3.8) is 0 Å². The smallest absolute Gasteiger partial charge is 0.383 e. The van der Waals surface area contributed by atoms with Gasteiger partial charge in [0, 0.05) is 12.6 Å². The Balaban J connectivity index is 2.08. The standard InChI is InChI=1S/C9H13F2N3O9P2/c10-9(11)3-5(4-21-25(19,20)23-24(16,17)18)22-7(9)14-2-1-6(12)13-8(14)15/h1-2,5,7H,3-4H2,(H,19,20)(H2,12,13,15)(H2,16,17,18)/t5-,7+/m0/s1. The van der Waals surface area contributed by atoms with E-state index in [1.165, 1.54) is 0 Å². The van der Waals surface area contributed by atoms with Gasteiger partial charge in [-0.25, -0.2) is 22.7 Å². The van der Waals surface area contributed by atoms with Crippen molar-refractivity contribution >= 4 is 21.5 Å². The first kappa shape index (κ1) is 20.1. The van der Waals surface area contributed by atoms with E-state index in [2.05, 4.69) is 13.8 Å². The number of alkyl halides is 2.